The van der Waals surface area contributed by atoms with E-state index in [-0.39, 0.29) is 18.4 Å². The van der Waals surface area contributed by atoms with E-state index in [4.69, 9.17) is 4.74 Å². The molecule has 7 heteroatoms. The number of rotatable bonds is 5. The Morgan fingerprint density at radius 1 is 1.19 bits per heavy atom. The Morgan fingerprint density at radius 2 is 1.89 bits per heavy atom. The Hall–Kier alpha value is -2.67. The number of esters is 1. The summed E-state index contributed by atoms with van der Waals surface area (Å²) in [5.74, 6) is -0.871. The maximum absolute atomic E-state index is 12.4. The summed E-state index contributed by atoms with van der Waals surface area (Å²) in [5, 5.41) is 0. The van der Waals surface area contributed by atoms with Gasteiger partial charge in [-0.15, -0.1) is 0 Å². The summed E-state index contributed by atoms with van der Waals surface area (Å²) in [7, 11) is -3.38. The van der Waals surface area contributed by atoms with Crippen molar-refractivity contribution in [2.24, 2.45) is 0 Å². The lowest BCUT2D eigenvalue weighted by atomic mass is 10.0. The second-order valence-electron chi connectivity index (χ2n) is 6.77. The number of hydrogen-bond acceptors (Lipinski definition) is 5. The number of nitrogens with zero attached hydrogens (tertiary/aromatic N) is 1. The van der Waals surface area contributed by atoms with E-state index >= 15 is 0 Å². The SMILES string of the molecule is Cc1ccccc1C(=O)OCC(=O)c1ccc2c(c1)C[C@@H](C)N2S(C)(=O)=O. The van der Waals surface area contributed by atoms with E-state index in [2.05, 4.69) is 0 Å². The molecule has 0 unspecified atom stereocenters. The molecule has 0 radical (unpaired) electrons. The number of aryl methyl sites for hydroxylation is 1. The fraction of sp³-hybridized carbons (Fsp3) is 0.300. The molecule has 142 valence electrons. The maximum atomic E-state index is 12.4. The van der Waals surface area contributed by atoms with Crippen molar-refractivity contribution in [3.8, 4) is 0 Å². The zero-order valence-corrected chi connectivity index (χ0v) is 16.2. The van der Waals surface area contributed by atoms with Gasteiger partial charge in [-0.3, -0.25) is 9.10 Å². The number of carbonyl (C=O) groups excluding carboxylic acids is 2. The fourth-order valence-corrected chi connectivity index (χ4v) is 4.64. The molecule has 0 bridgehead atoms. The largest absolute Gasteiger partial charge is 0.454 e. The number of carbonyl (C=O) groups is 2. The number of fused-ring (bicyclic) bond motifs is 1. The fourth-order valence-electron chi connectivity index (χ4n) is 3.38. The molecule has 1 aliphatic rings. The van der Waals surface area contributed by atoms with Gasteiger partial charge in [0.1, 0.15) is 0 Å². The first-order chi connectivity index (χ1) is 12.7. The van der Waals surface area contributed by atoms with Gasteiger partial charge in [0, 0.05) is 11.6 Å². The molecule has 1 atom stereocenters. The van der Waals surface area contributed by atoms with Crippen LogP contribution in [0.25, 0.3) is 0 Å². The first kappa shape index (κ1) is 19.1. The van der Waals surface area contributed by atoms with E-state index in [9.17, 15) is 18.0 Å². The van der Waals surface area contributed by atoms with Gasteiger partial charge >= 0.3 is 5.97 Å². The highest BCUT2D eigenvalue weighted by atomic mass is 32.2. The lowest BCUT2D eigenvalue weighted by molar-refractivity contribution is 0.0474. The number of Topliss-reactive ketones (excluding diaryl/α,β-unsaturated/α-hetero) is 1. The minimum absolute atomic E-state index is 0.195. The van der Waals surface area contributed by atoms with Crippen molar-refractivity contribution in [1.29, 1.82) is 0 Å². The Labute approximate surface area is 158 Å². The van der Waals surface area contributed by atoms with Crippen molar-refractivity contribution in [1.82, 2.24) is 0 Å². The van der Waals surface area contributed by atoms with Crippen LogP contribution in [0.5, 0.6) is 0 Å². The Balaban J connectivity index is 1.73. The normalized spacial score (nSPS) is 16.1. The van der Waals surface area contributed by atoms with Crippen molar-refractivity contribution in [3.63, 3.8) is 0 Å². The Morgan fingerprint density at radius 3 is 2.56 bits per heavy atom. The topological polar surface area (TPSA) is 80.8 Å². The standard InChI is InChI=1S/C20H21NO5S/c1-13-6-4-5-7-17(13)20(23)26-12-19(22)15-8-9-18-16(11-15)10-14(2)21(18)27(3,24)25/h4-9,11,14H,10,12H2,1-3H3/t14-/m1/s1. The minimum Gasteiger partial charge on any atom is -0.454 e. The van der Waals surface area contributed by atoms with Gasteiger partial charge < -0.3 is 4.74 Å². The molecule has 0 spiro atoms. The molecule has 1 heterocycles. The first-order valence-electron chi connectivity index (χ1n) is 8.57. The molecule has 3 rings (SSSR count). The van der Waals surface area contributed by atoms with Crippen molar-refractivity contribution >= 4 is 27.5 Å². The van der Waals surface area contributed by atoms with Crippen LogP contribution in [-0.2, 0) is 21.2 Å². The van der Waals surface area contributed by atoms with Crippen LogP contribution in [0.1, 0.15) is 38.8 Å². The molecule has 2 aromatic rings. The lowest BCUT2D eigenvalue weighted by Crippen LogP contribution is -2.34. The minimum atomic E-state index is -3.38. The lowest BCUT2D eigenvalue weighted by Gasteiger charge is -2.21. The van der Waals surface area contributed by atoms with Crippen LogP contribution < -0.4 is 4.31 Å². The number of hydrogen-bond donors (Lipinski definition) is 0. The van der Waals surface area contributed by atoms with Crippen LogP contribution in [0.2, 0.25) is 0 Å². The van der Waals surface area contributed by atoms with Crippen LogP contribution in [0.4, 0.5) is 5.69 Å². The van der Waals surface area contributed by atoms with E-state index < -0.39 is 16.0 Å². The van der Waals surface area contributed by atoms with Gasteiger partial charge in [0.15, 0.2) is 12.4 Å². The van der Waals surface area contributed by atoms with Crippen LogP contribution in [0.3, 0.4) is 0 Å². The second kappa shape index (κ2) is 7.15. The zero-order chi connectivity index (χ0) is 19.8. The predicted molar refractivity (Wildman–Crippen MR) is 103 cm³/mol. The summed E-state index contributed by atoms with van der Waals surface area (Å²) < 4.78 is 30.4. The van der Waals surface area contributed by atoms with Crippen LogP contribution in [-0.4, -0.2) is 39.1 Å². The van der Waals surface area contributed by atoms with Gasteiger partial charge in [0.25, 0.3) is 0 Å². The molecule has 0 aromatic heterocycles. The molecule has 0 saturated carbocycles. The molecular weight excluding hydrogens is 366 g/mol. The number of benzene rings is 2. The molecule has 0 N–H and O–H groups in total. The summed E-state index contributed by atoms with van der Waals surface area (Å²) >= 11 is 0. The molecule has 0 fully saturated rings. The average Bonchev–Trinajstić information content (AvgIpc) is 2.94. The van der Waals surface area contributed by atoms with Gasteiger partial charge in [0.2, 0.25) is 10.0 Å². The summed E-state index contributed by atoms with van der Waals surface area (Å²) in [5.41, 5.74) is 3.00. The highest BCUT2D eigenvalue weighted by Gasteiger charge is 2.32. The van der Waals surface area contributed by atoms with E-state index in [1.165, 1.54) is 10.6 Å². The van der Waals surface area contributed by atoms with Crippen molar-refractivity contribution < 1.29 is 22.7 Å². The van der Waals surface area contributed by atoms with Crippen molar-refractivity contribution in [2.75, 3.05) is 17.2 Å². The first-order valence-corrected chi connectivity index (χ1v) is 10.4. The number of ketones is 1. The molecule has 0 saturated heterocycles. The van der Waals surface area contributed by atoms with Crippen LogP contribution in [0, 0.1) is 6.92 Å². The van der Waals surface area contributed by atoms with Gasteiger partial charge in [-0.2, -0.15) is 0 Å². The highest BCUT2D eigenvalue weighted by Crippen LogP contribution is 2.34. The second-order valence-corrected chi connectivity index (χ2v) is 8.63. The molecule has 27 heavy (non-hydrogen) atoms. The predicted octanol–water partition coefficient (Wildman–Crippen LogP) is 2.75. The third-order valence-electron chi connectivity index (χ3n) is 4.61. The van der Waals surface area contributed by atoms with E-state index in [0.29, 0.717) is 23.2 Å². The number of sulfonamides is 1. The maximum Gasteiger partial charge on any atom is 0.338 e. The Bertz CT molecular complexity index is 1010. The van der Waals surface area contributed by atoms with Crippen molar-refractivity contribution in [2.45, 2.75) is 26.3 Å². The van der Waals surface area contributed by atoms with E-state index in [1.54, 1.807) is 43.3 Å². The molecule has 2 aromatic carbocycles. The molecule has 0 amide bonds. The van der Waals surface area contributed by atoms with E-state index in [0.717, 1.165) is 11.1 Å². The zero-order valence-electron chi connectivity index (χ0n) is 15.4. The monoisotopic (exact) mass is 387 g/mol. The third-order valence-corrected chi connectivity index (χ3v) is 5.88. The summed E-state index contributed by atoms with van der Waals surface area (Å²) in [6.07, 6.45) is 1.70. The summed E-state index contributed by atoms with van der Waals surface area (Å²) in [6, 6.07) is 11.7. The van der Waals surface area contributed by atoms with Crippen LogP contribution >= 0.6 is 0 Å². The molecule has 6 nitrogen and oxygen atoms in total. The quantitative estimate of drug-likeness (QED) is 0.582. The summed E-state index contributed by atoms with van der Waals surface area (Å²) in [6.45, 7) is 3.26. The smallest absolute Gasteiger partial charge is 0.338 e. The number of anilines is 1. The van der Waals surface area contributed by atoms with Gasteiger partial charge in [0.05, 0.1) is 17.5 Å². The van der Waals surface area contributed by atoms with Gasteiger partial charge in [-0.25, -0.2) is 13.2 Å². The average molecular weight is 387 g/mol. The third kappa shape index (κ3) is 3.88. The molecular formula is C20H21NO5S. The van der Waals surface area contributed by atoms with E-state index in [1.807, 2.05) is 13.0 Å². The molecule has 1 aliphatic heterocycles. The van der Waals surface area contributed by atoms with Gasteiger partial charge in [-0.05, 0) is 55.7 Å². The Kier molecular flexibility index (Phi) is 5.06. The number of ether oxygens (including phenoxy) is 1. The summed E-state index contributed by atoms with van der Waals surface area (Å²) in [4.78, 5) is 24.6. The van der Waals surface area contributed by atoms with Gasteiger partial charge in [-0.1, -0.05) is 18.2 Å². The molecule has 0 aliphatic carbocycles. The van der Waals surface area contributed by atoms with Crippen molar-refractivity contribution in [3.05, 3.63) is 64.7 Å². The highest BCUT2D eigenvalue weighted by molar-refractivity contribution is 7.92. The van der Waals surface area contributed by atoms with Crippen LogP contribution in [0.15, 0.2) is 42.5 Å².